The van der Waals surface area contributed by atoms with Gasteiger partial charge in [-0.15, -0.1) is 0 Å². The minimum Gasteiger partial charge on any atom is -0.495 e. The zero-order valence-corrected chi connectivity index (χ0v) is 17.9. The Hall–Kier alpha value is -3.12. The van der Waals surface area contributed by atoms with Gasteiger partial charge in [-0.3, -0.25) is 4.98 Å². The Morgan fingerprint density at radius 1 is 0.931 bits per heavy atom. The van der Waals surface area contributed by atoms with Crippen molar-refractivity contribution in [2.75, 3.05) is 19.0 Å². The van der Waals surface area contributed by atoms with Crippen LogP contribution in [0, 0.1) is 0 Å². The van der Waals surface area contributed by atoms with Gasteiger partial charge in [-0.2, -0.15) is 0 Å². The fraction of sp³-hybridized carbons (Fsp3) is 0.217. The van der Waals surface area contributed by atoms with Crippen molar-refractivity contribution in [3.8, 4) is 22.6 Å². The van der Waals surface area contributed by atoms with Crippen LogP contribution in [0.4, 0.5) is 10.8 Å². The lowest BCUT2D eigenvalue weighted by atomic mass is 10.1. The summed E-state index contributed by atoms with van der Waals surface area (Å²) < 4.78 is 11.9. The fourth-order valence-corrected chi connectivity index (χ4v) is 3.70. The minimum atomic E-state index is 0.662. The van der Waals surface area contributed by atoms with Gasteiger partial charge in [0, 0.05) is 17.4 Å². The molecule has 1 N–H and O–H groups in total. The number of methoxy groups -OCH3 is 1. The lowest BCUT2D eigenvalue weighted by molar-refractivity contribution is 0.340. The van der Waals surface area contributed by atoms with E-state index in [1.807, 2.05) is 63.4 Å². The monoisotopic (exact) mass is 407 g/mol. The Kier molecular flexibility index (Phi) is 7.03. The molecule has 4 aromatic rings. The molecule has 0 fully saturated rings. The average molecular weight is 408 g/mol. The molecule has 0 spiro atoms. The third-order valence-electron chi connectivity index (χ3n) is 4.09. The van der Waals surface area contributed by atoms with E-state index < -0.39 is 0 Å². The molecular weight excluding hydrogens is 382 g/mol. The van der Waals surface area contributed by atoms with Gasteiger partial charge < -0.3 is 14.8 Å². The maximum atomic E-state index is 5.48. The van der Waals surface area contributed by atoms with Crippen LogP contribution in [0.1, 0.15) is 20.8 Å². The number of rotatable bonds is 6. The quantitative estimate of drug-likeness (QED) is 0.393. The zero-order valence-electron chi connectivity index (χ0n) is 17.1. The summed E-state index contributed by atoms with van der Waals surface area (Å²) in [5.41, 5.74) is 4.05. The van der Waals surface area contributed by atoms with Gasteiger partial charge in [0.05, 0.1) is 30.1 Å². The number of hydrogen-bond donors (Lipinski definition) is 1. The van der Waals surface area contributed by atoms with E-state index in [1.54, 1.807) is 24.6 Å². The van der Waals surface area contributed by atoms with Gasteiger partial charge in [0.15, 0.2) is 5.13 Å². The van der Waals surface area contributed by atoms with Crippen LogP contribution >= 0.6 is 11.3 Å². The summed E-state index contributed by atoms with van der Waals surface area (Å²) in [6, 6.07) is 16.1. The average Bonchev–Trinajstić information content (AvgIpc) is 3.18. The molecule has 0 amide bonds. The highest BCUT2D eigenvalue weighted by atomic mass is 32.1. The first kappa shape index (κ1) is 20.6. The van der Waals surface area contributed by atoms with Gasteiger partial charge in [0.25, 0.3) is 0 Å². The summed E-state index contributed by atoms with van der Waals surface area (Å²) in [5.74, 6) is 1.61. The van der Waals surface area contributed by atoms with Gasteiger partial charge in [0.2, 0.25) is 0 Å². The van der Waals surface area contributed by atoms with E-state index in [9.17, 15) is 0 Å². The molecule has 0 aliphatic rings. The van der Waals surface area contributed by atoms with Crippen molar-refractivity contribution in [3.05, 3.63) is 60.9 Å². The van der Waals surface area contributed by atoms with Crippen molar-refractivity contribution in [2.45, 2.75) is 20.8 Å². The molecule has 0 atom stereocenters. The fourth-order valence-electron chi connectivity index (χ4n) is 2.77. The first-order chi connectivity index (χ1) is 14.2. The number of benzene rings is 2. The largest absolute Gasteiger partial charge is 0.495 e. The van der Waals surface area contributed by atoms with E-state index in [0.29, 0.717) is 6.61 Å². The van der Waals surface area contributed by atoms with Crippen LogP contribution in [-0.4, -0.2) is 23.7 Å². The second kappa shape index (κ2) is 9.89. The highest BCUT2D eigenvalue weighted by Gasteiger charge is 2.07. The van der Waals surface area contributed by atoms with Crippen LogP contribution < -0.4 is 14.8 Å². The van der Waals surface area contributed by atoms with Crippen LogP contribution in [0.5, 0.6) is 11.5 Å². The van der Waals surface area contributed by atoms with Gasteiger partial charge in [-0.1, -0.05) is 31.3 Å². The number of aromatic nitrogens is 2. The Morgan fingerprint density at radius 3 is 2.45 bits per heavy atom. The van der Waals surface area contributed by atoms with Crippen molar-refractivity contribution in [1.82, 2.24) is 9.97 Å². The van der Waals surface area contributed by atoms with E-state index in [4.69, 9.17) is 9.47 Å². The molecule has 0 unspecified atom stereocenters. The molecule has 150 valence electrons. The smallest absolute Gasteiger partial charge is 0.188 e. The highest BCUT2D eigenvalue weighted by molar-refractivity contribution is 7.22. The molecule has 0 aliphatic heterocycles. The molecule has 0 saturated heterocycles. The van der Waals surface area contributed by atoms with Crippen LogP contribution in [0.2, 0.25) is 0 Å². The second-order valence-electron chi connectivity index (χ2n) is 5.90. The van der Waals surface area contributed by atoms with Gasteiger partial charge in [-0.25, -0.2) is 4.98 Å². The van der Waals surface area contributed by atoms with Gasteiger partial charge in [0.1, 0.15) is 11.5 Å². The third kappa shape index (κ3) is 5.03. The summed E-state index contributed by atoms with van der Waals surface area (Å²) in [7, 11) is 1.64. The number of thiazole rings is 1. The first-order valence-electron chi connectivity index (χ1n) is 9.65. The third-order valence-corrected chi connectivity index (χ3v) is 5.02. The first-order valence-corrected chi connectivity index (χ1v) is 10.5. The molecule has 0 radical (unpaired) electrons. The summed E-state index contributed by atoms with van der Waals surface area (Å²) >= 11 is 1.62. The molecule has 2 aromatic heterocycles. The predicted molar refractivity (Wildman–Crippen MR) is 122 cm³/mol. The van der Waals surface area contributed by atoms with Gasteiger partial charge >= 0.3 is 0 Å². The molecular formula is C23H25N3O2S. The van der Waals surface area contributed by atoms with Crippen molar-refractivity contribution in [1.29, 1.82) is 0 Å². The maximum Gasteiger partial charge on any atom is 0.188 e. The maximum absolute atomic E-state index is 5.48. The van der Waals surface area contributed by atoms with E-state index in [2.05, 4.69) is 27.4 Å². The molecule has 4 rings (SSSR count). The molecule has 0 aliphatic carbocycles. The minimum absolute atomic E-state index is 0.662. The van der Waals surface area contributed by atoms with Crippen molar-refractivity contribution in [3.63, 3.8) is 0 Å². The molecule has 2 aromatic carbocycles. The Labute approximate surface area is 175 Å². The summed E-state index contributed by atoms with van der Waals surface area (Å²) in [6.07, 6.45) is 3.54. The normalized spacial score (nSPS) is 10.2. The van der Waals surface area contributed by atoms with Crippen LogP contribution in [-0.2, 0) is 0 Å². The number of nitrogens with zero attached hydrogens (tertiary/aromatic N) is 2. The standard InChI is InChI=1S/C21H19N3O2S.C2H6/c1-3-26-17-7-5-16(6-8-17)23-21-24-19-9-4-14(11-20(19)27-21)15-10-18(25-2)13-22-12-15;1-2/h4-13H,3H2,1-2H3,(H,23,24);1-2H3. The Bertz CT molecular complexity index is 1060. The Morgan fingerprint density at radius 2 is 1.72 bits per heavy atom. The predicted octanol–water partition coefficient (Wildman–Crippen LogP) is 6.54. The molecule has 0 saturated carbocycles. The van der Waals surface area contributed by atoms with Crippen LogP contribution in [0.25, 0.3) is 21.3 Å². The number of nitrogens with one attached hydrogen (secondary N) is 1. The van der Waals surface area contributed by atoms with E-state index in [-0.39, 0.29) is 0 Å². The highest BCUT2D eigenvalue weighted by Crippen LogP contribution is 2.32. The van der Waals surface area contributed by atoms with E-state index in [1.165, 1.54) is 0 Å². The second-order valence-corrected chi connectivity index (χ2v) is 6.93. The molecule has 0 bridgehead atoms. The number of ether oxygens (including phenoxy) is 2. The lowest BCUT2D eigenvalue weighted by Crippen LogP contribution is -1.92. The number of pyridine rings is 1. The van der Waals surface area contributed by atoms with Crippen LogP contribution in [0.15, 0.2) is 60.9 Å². The van der Waals surface area contributed by atoms with Crippen LogP contribution in [0.3, 0.4) is 0 Å². The molecule has 29 heavy (non-hydrogen) atoms. The number of fused-ring (bicyclic) bond motifs is 1. The molecule has 2 heterocycles. The Balaban J connectivity index is 0.00000117. The number of anilines is 2. The van der Waals surface area contributed by atoms with E-state index >= 15 is 0 Å². The number of hydrogen-bond acceptors (Lipinski definition) is 6. The van der Waals surface area contributed by atoms with Crippen molar-refractivity contribution >= 4 is 32.4 Å². The topological polar surface area (TPSA) is 56.3 Å². The van der Waals surface area contributed by atoms with Gasteiger partial charge in [-0.05, 0) is 55.0 Å². The summed E-state index contributed by atoms with van der Waals surface area (Å²) in [5, 5.41) is 4.22. The van der Waals surface area contributed by atoms with Crippen molar-refractivity contribution in [2.24, 2.45) is 0 Å². The summed E-state index contributed by atoms with van der Waals surface area (Å²) in [6.45, 7) is 6.64. The molecule has 5 nitrogen and oxygen atoms in total. The van der Waals surface area contributed by atoms with E-state index in [0.717, 1.165) is 43.7 Å². The molecule has 6 heteroatoms. The van der Waals surface area contributed by atoms with Crippen molar-refractivity contribution < 1.29 is 9.47 Å². The lowest BCUT2D eigenvalue weighted by Gasteiger charge is -2.05. The zero-order chi connectivity index (χ0) is 20.6. The SMILES string of the molecule is CC.CCOc1ccc(Nc2nc3ccc(-c4cncc(OC)c4)cc3s2)cc1. The summed E-state index contributed by atoms with van der Waals surface area (Å²) in [4.78, 5) is 8.90.